The molecule has 0 spiro atoms. The minimum atomic E-state index is -0.211. The number of anilines is 1. The molecule has 0 aliphatic carbocycles. The van der Waals surface area contributed by atoms with Crippen LogP contribution in [0.15, 0.2) is 89.6 Å². The number of nitrogens with zero attached hydrogens (tertiary/aromatic N) is 2. The summed E-state index contributed by atoms with van der Waals surface area (Å²) in [6.45, 7) is 0. The van der Waals surface area contributed by atoms with Crippen LogP contribution < -0.4 is 14.4 Å². The normalized spacial score (nSPS) is 14.2. The van der Waals surface area contributed by atoms with E-state index in [2.05, 4.69) is 4.99 Å². The molecule has 1 amide bonds. The van der Waals surface area contributed by atoms with Crippen molar-refractivity contribution in [2.45, 2.75) is 12.8 Å². The number of Topliss-reactive ketones (excluding diaryl/α,β-unsaturated/α-hetero) is 1. The number of carbonyl (C=O) groups is 2. The van der Waals surface area contributed by atoms with Gasteiger partial charge in [0.1, 0.15) is 17.2 Å². The summed E-state index contributed by atoms with van der Waals surface area (Å²) in [5, 5.41) is 0.579. The molecule has 4 rings (SSSR count). The van der Waals surface area contributed by atoms with Gasteiger partial charge >= 0.3 is 0 Å². The third-order valence-electron chi connectivity index (χ3n) is 5.44. The number of ketones is 1. The third-order valence-corrected chi connectivity index (χ3v) is 6.46. The fraction of sp³-hybridized carbons (Fsp3) is 0.179. The monoisotopic (exact) mass is 486 g/mol. The molecule has 0 N–H and O–H groups in total. The van der Waals surface area contributed by atoms with Gasteiger partial charge in [-0.2, -0.15) is 0 Å². The highest BCUT2D eigenvalue weighted by Gasteiger charge is 2.32. The predicted octanol–water partition coefficient (Wildman–Crippen LogP) is 5.84. The number of rotatable bonds is 9. The first kappa shape index (κ1) is 24.3. The van der Waals surface area contributed by atoms with Gasteiger partial charge in [0.25, 0.3) is 5.91 Å². The van der Waals surface area contributed by atoms with Gasteiger partial charge < -0.3 is 9.47 Å². The van der Waals surface area contributed by atoms with Gasteiger partial charge in [0.05, 0.1) is 19.9 Å². The summed E-state index contributed by atoms with van der Waals surface area (Å²) in [4.78, 5) is 32.0. The molecule has 35 heavy (non-hydrogen) atoms. The maximum Gasteiger partial charge on any atom is 0.283 e. The van der Waals surface area contributed by atoms with Crippen LogP contribution in [0.3, 0.4) is 0 Å². The van der Waals surface area contributed by atoms with Gasteiger partial charge in [0.15, 0.2) is 11.0 Å². The van der Waals surface area contributed by atoms with Crippen molar-refractivity contribution < 1.29 is 19.1 Å². The lowest BCUT2D eigenvalue weighted by atomic mass is 10.1. The standard InChI is InChI=1S/C28H26N2O4S/c1-33-23-15-13-20(14-16-23)18-25-27(32)30(22-10-6-11-24(19-22)34-2)28(29-25)35-17-7-12-26(31)21-8-4-3-5-9-21/h3-6,8-11,13-16,18-19H,7,12,17H2,1-2H3/b25-18-. The number of ether oxygens (including phenoxy) is 2. The Bertz CT molecular complexity index is 1250. The highest BCUT2D eigenvalue weighted by Crippen LogP contribution is 2.32. The third kappa shape index (κ3) is 6.00. The number of thioether (sulfide) groups is 1. The van der Waals surface area contributed by atoms with E-state index in [0.29, 0.717) is 46.5 Å². The number of amidine groups is 1. The molecule has 0 bridgehead atoms. The molecule has 1 aliphatic rings. The molecule has 1 aliphatic heterocycles. The summed E-state index contributed by atoms with van der Waals surface area (Å²) >= 11 is 1.46. The average molecular weight is 487 g/mol. The molecule has 1 heterocycles. The number of carbonyl (C=O) groups excluding carboxylic acids is 2. The van der Waals surface area contributed by atoms with Crippen LogP contribution in [0.25, 0.3) is 6.08 Å². The van der Waals surface area contributed by atoms with Crippen molar-refractivity contribution in [3.8, 4) is 11.5 Å². The van der Waals surface area contributed by atoms with Crippen molar-refractivity contribution in [2.75, 3.05) is 24.9 Å². The maximum atomic E-state index is 13.4. The van der Waals surface area contributed by atoms with Crippen molar-refractivity contribution >= 4 is 40.4 Å². The highest BCUT2D eigenvalue weighted by molar-refractivity contribution is 8.14. The van der Waals surface area contributed by atoms with E-state index in [1.807, 2.05) is 78.9 Å². The number of hydrogen-bond acceptors (Lipinski definition) is 6. The van der Waals surface area contributed by atoms with E-state index in [1.165, 1.54) is 11.8 Å². The molecule has 0 saturated carbocycles. The van der Waals surface area contributed by atoms with Crippen LogP contribution in [0.4, 0.5) is 5.69 Å². The summed E-state index contributed by atoms with van der Waals surface area (Å²) in [5.74, 6) is 1.95. The number of hydrogen-bond donors (Lipinski definition) is 0. The second kappa shape index (κ2) is 11.5. The predicted molar refractivity (Wildman–Crippen MR) is 141 cm³/mol. The molecule has 0 radical (unpaired) electrons. The Morgan fingerprint density at radius 1 is 0.943 bits per heavy atom. The fourth-order valence-electron chi connectivity index (χ4n) is 3.59. The van der Waals surface area contributed by atoms with E-state index < -0.39 is 0 Å². The van der Waals surface area contributed by atoms with Gasteiger partial charge in [-0.25, -0.2) is 4.99 Å². The van der Waals surface area contributed by atoms with Crippen molar-refractivity contribution in [1.82, 2.24) is 0 Å². The minimum Gasteiger partial charge on any atom is -0.497 e. The van der Waals surface area contributed by atoms with Crippen LogP contribution in [-0.2, 0) is 4.79 Å². The van der Waals surface area contributed by atoms with E-state index >= 15 is 0 Å². The van der Waals surface area contributed by atoms with Crippen LogP contribution in [0, 0.1) is 0 Å². The molecule has 0 unspecified atom stereocenters. The largest absolute Gasteiger partial charge is 0.497 e. The van der Waals surface area contributed by atoms with Gasteiger partial charge in [-0.15, -0.1) is 0 Å². The zero-order valence-corrected chi connectivity index (χ0v) is 20.5. The van der Waals surface area contributed by atoms with Crippen LogP contribution in [0.5, 0.6) is 11.5 Å². The summed E-state index contributed by atoms with van der Waals surface area (Å²) in [7, 11) is 3.20. The molecule has 0 fully saturated rings. The number of aliphatic imine (C=N–C) groups is 1. The Hall–Kier alpha value is -3.84. The Morgan fingerprint density at radius 2 is 1.69 bits per heavy atom. The zero-order valence-electron chi connectivity index (χ0n) is 19.6. The van der Waals surface area contributed by atoms with Crippen LogP contribution in [0.1, 0.15) is 28.8 Å². The molecule has 7 heteroatoms. The molecule has 0 aromatic heterocycles. The fourth-order valence-corrected chi connectivity index (χ4v) is 4.54. The van der Waals surface area contributed by atoms with Gasteiger partial charge in [-0.3, -0.25) is 14.5 Å². The SMILES string of the molecule is COc1ccc(/C=C2\N=C(SCCCC(=O)c3ccccc3)N(c3cccc(OC)c3)C2=O)cc1. The minimum absolute atomic E-state index is 0.111. The molecular weight excluding hydrogens is 460 g/mol. The van der Waals surface area contributed by atoms with Crippen molar-refractivity contribution in [2.24, 2.45) is 4.99 Å². The van der Waals surface area contributed by atoms with Crippen molar-refractivity contribution in [3.05, 3.63) is 95.7 Å². The first-order chi connectivity index (χ1) is 17.1. The van der Waals surface area contributed by atoms with E-state index in [9.17, 15) is 9.59 Å². The Kier molecular flexibility index (Phi) is 8.00. The average Bonchev–Trinajstić information content (AvgIpc) is 3.21. The molecular formula is C28H26N2O4S. The summed E-state index contributed by atoms with van der Waals surface area (Å²) < 4.78 is 10.6. The van der Waals surface area contributed by atoms with E-state index in [-0.39, 0.29) is 11.7 Å². The summed E-state index contributed by atoms with van der Waals surface area (Å²) in [5.41, 5.74) is 2.59. The summed E-state index contributed by atoms with van der Waals surface area (Å²) in [6, 6.07) is 24.1. The lowest BCUT2D eigenvalue weighted by Gasteiger charge is -2.18. The van der Waals surface area contributed by atoms with Crippen molar-refractivity contribution in [3.63, 3.8) is 0 Å². The first-order valence-electron chi connectivity index (χ1n) is 11.2. The van der Waals surface area contributed by atoms with Crippen LogP contribution >= 0.6 is 11.8 Å². The molecule has 0 saturated heterocycles. The van der Waals surface area contributed by atoms with Gasteiger partial charge in [-0.05, 0) is 42.3 Å². The van der Waals surface area contributed by atoms with E-state index in [0.717, 1.165) is 11.3 Å². The molecule has 178 valence electrons. The van der Waals surface area contributed by atoms with Crippen LogP contribution in [0.2, 0.25) is 0 Å². The van der Waals surface area contributed by atoms with Crippen molar-refractivity contribution in [1.29, 1.82) is 0 Å². The topological polar surface area (TPSA) is 68.2 Å². The molecule has 3 aromatic rings. The zero-order chi connectivity index (χ0) is 24.6. The van der Waals surface area contributed by atoms with E-state index in [1.54, 1.807) is 25.2 Å². The van der Waals surface area contributed by atoms with Gasteiger partial charge in [-0.1, -0.05) is 60.3 Å². The molecule has 3 aromatic carbocycles. The second-order valence-electron chi connectivity index (χ2n) is 7.78. The Labute approximate surface area is 209 Å². The number of benzene rings is 3. The smallest absolute Gasteiger partial charge is 0.283 e. The summed E-state index contributed by atoms with van der Waals surface area (Å²) in [6.07, 6.45) is 2.88. The van der Waals surface area contributed by atoms with Gasteiger partial charge in [0.2, 0.25) is 0 Å². The second-order valence-corrected chi connectivity index (χ2v) is 8.84. The van der Waals surface area contributed by atoms with Gasteiger partial charge in [0, 0.05) is 23.8 Å². The Balaban J connectivity index is 1.52. The quantitative estimate of drug-likeness (QED) is 0.216. The van der Waals surface area contributed by atoms with Crippen LogP contribution in [-0.4, -0.2) is 36.8 Å². The lowest BCUT2D eigenvalue weighted by Crippen LogP contribution is -2.30. The van der Waals surface area contributed by atoms with E-state index in [4.69, 9.17) is 9.47 Å². The maximum absolute atomic E-state index is 13.4. The number of methoxy groups -OCH3 is 2. The molecule has 6 nitrogen and oxygen atoms in total. The number of amides is 1. The Morgan fingerprint density at radius 3 is 2.40 bits per heavy atom. The highest BCUT2D eigenvalue weighted by atomic mass is 32.2. The lowest BCUT2D eigenvalue weighted by molar-refractivity contribution is -0.113. The molecule has 0 atom stereocenters. The first-order valence-corrected chi connectivity index (χ1v) is 12.2.